The van der Waals surface area contributed by atoms with Gasteiger partial charge in [0.05, 0.1) is 5.56 Å². The molecule has 0 saturated carbocycles. The Morgan fingerprint density at radius 3 is 2.23 bits per heavy atom. The maximum absolute atomic E-state index is 13.6. The largest absolute Gasteiger partial charge is 0.416 e. The fourth-order valence-corrected chi connectivity index (χ4v) is 3.08. The Morgan fingerprint density at radius 2 is 1.63 bits per heavy atom. The second-order valence-electron chi connectivity index (χ2n) is 7.26. The lowest BCUT2D eigenvalue weighted by Crippen LogP contribution is -2.38. The number of hydrogen-bond donors (Lipinski definition) is 2. The summed E-state index contributed by atoms with van der Waals surface area (Å²) in [6.07, 6.45) is -9.79. The number of H-pyrrole nitrogens is 1. The van der Waals surface area contributed by atoms with Crippen LogP contribution in [0.2, 0.25) is 0 Å². The summed E-state index contributed by atoms with van der Waals surface area (Å²) in [5, 5.41) is 2.44. The lowest BCUT2D eigenvalue weighted by atomic mass is 10.0. The van der Waals surface area contributed by atoms with E-state index in [9.17, 15) is 31.1 Å². The average molecular weight is 428 g/mol. The topological polar surface area (TPSA) is 44.9 Å². The Morgan fingerprint density at radius 1 is 0.933 bits per heavy atom. The molecular formula is C21H18F6N2O. The SMILES string of the molecule is CC(C)c1ccc2cc(C(=O)NC(c3cccc(C(F)(F)F)c3)C(F)(F)F)[nH]c2c1. The number of carbonyl (C=O) groups excluding carboxylic acids is 1. The second kappa shape index (κ2) is 7.70. The van der Waals surface area contributed by atoms with E-state index in [2.05, 4.69) is 4.98 Å². The third-order valence-corrected chi connectivity index (χ3v) is 4.71. The van der Waals surface area contributed by atoms with Gasteiger partial charge < -0.3 is 10.3 Å². The first kappa shape index (κ1) is 21.7. The highest BCUT2D eigenvalue weighted by Crippen LogP contribution is 2.36. The Balaban J connectivity index is 1.93. The van der Waals surface area contributed by atoms with Crippen molar-refractivity contribution in [2.75, 3.05) is 0 Å². The van der Waals surface area contributed by atoms with Gasteiger partial charge in [-0.1, -0.05) is 38.1 Å². The molecule has 1 atom stereocenters. The first-order valence-electron chi connectivity index (χ1n) is 9.03. The van der Waals surface area contributed by atoms with Crippen molar-refractivity contribution in [1.29, 1.82) is 0 Å². The van der Waals surface area contributed by atoms with E-state index in [1.54, 1.807) is 17.4 Å². The zero-order valence-electron chi connectivity index (χ0n) is 15.9. The van der Waals surface area contributed by atoms with Gasteiger partial charge in [-0.05, 0) is 41.3 Å². The van der Waals surface area contributed by atoms with Gasteiger partial charge in [-0.3, -0.25) is 4.79 Å². The fourth-order valence-electron chi connectivity index (χ4n) is 3.08. The summed E-state index contributed by atoms with van der Waals surface area (Å²) in [5.41, 5.74) is -0.492. The van der Waals surface area contributed by atoms with E-state index in [1.807, 2.05) is 19.9 Å². The highest BCUT2D eigenvalue weighted by atomic mass is 19.4. The van der Waals surface area contributed by atoms with Crippen molar-refractivity contribution in [3.05, 3.63) is 70.9 Å². The number of benzene rings is 2. The predicted octanol–water partition coefficient (Wildman–Crippen LogP) is 6.34. The lowest BCUT2D eigenvalue weighted by Gasteiger charge is -2.22. The molecule has 9 heteroatoms. The zero-order chi connectivity index (χ0) is 22.3. The van der Waals surface area contributed by atoms with Crippen LogP contribution in [0.15, 0.2) is 48.5 Å². The summed E-state index contributed by atoms with van der Waals surface area (Å²) in [4.78, 5) is 15.3. The maximum Gasteiger partial charge on any atom is 0.416 e. The highest BCUT2D eigenvalue weighted by molar-refractivity contribution is 5.98. The van der Waals surface area contributed by atoms with Crippen LogP contribution in [0.3, 0.4) is 0 Å². The van der Waals surface area contributed by atoms with Crippen LogP contribution in [0, 0.1) is 0 Å². The van der Waals surface area contributed by atoms with E-state index in [0.717, 1.165) is 17.7 Å². The number of amides is 1. The van der Waals surface area contributed by atoms with Crippen molar-refractivity contribution in [2.45, 2.75) is 38.2 Å². The molecule has 0 aliphatic heterocycles. The number of alkyl halides is 6. The summed E-state index contributed by atoms with van der Waals surface area (Å²) < 4.78 is 79.3. The van der Waals surface area contributed by atoms with E-state index in [0.29, 0.717) is 23.0 Å². The van der Waals surface area contributed by atoms with Gasteiger partial charge in [0, 0.05) is 10.9 Å². The van der Waals surface area contributed by atoms with Crippen molar-refractivity contribution in [3.8, 4) is 0 Å². The first-order chi connectivity index (χ1) is 13.9. The molecule has 30 heavy (non-hydrogen) atoms. The molecule has 3 nitrogen and oxygen atoms in total. The Kier molecular flexibility index (Phi) is 5.58. The number of nitrogens with one attached hydrogen (secondary N) is 2. The summed E-state index contributed by atoms with van der Waals surface area (Å²) in [7, 11) is 0. The molecule has 0 bridgehead atoms. The summed E-state index contributed by atoms with van der Waals surface area (Å²) in [6.45, 7) is 3.95. The molecule has 1 amide bonds. The minimum Gasteiger partial charge on any atom is -0.351 e. The molecule has 2 aromatic carbocycles. The van der Waals surface area contributed by atoms with Gasteiger partial charge in [0.25, 0.3) is 5.91 Å². The number of fused-ring (bicyclic) bond motifs is 1. The molecule has 3 aromatic rings. The van der Waals surface area contributed by atoms with Crippen LogP contribution in [0.5, 0.6) is 0 Å². The molecule has 2 N–H and O–H groups in total. The molecule has 0 aliphatic rings. The van der Waals surface area contributed by atoms with Crippen molar-refractivity contribution >= 4 is 16.8 Å². The molecule has 1 heterocycles. The van der Waals surface area contributed by atoms with Crippen LogP contribution in [0.25, 0.3) is 10.9 Å². The van der Waals surface area contributed by atoms with Crippen molar-refractivity contribution in [3.63, 3.8) is 0 Å². The Labute approximate surface area is 168 Å². The molecule has 0 spiro atoms. The van der Waals surface area contributed by atoms with Crippen LogP contribution in [0.1, 0.15) is 53.0 Å². The van der Waals surface area contributed by atoms with Crippen LogP contribution >= 0.6 is 0 Å². The molecule has 160 valence electrons. The summed E-state index contributed by atoms with van der Waals surface area (Å²) in [6, 6.07) is 7.02. The molecule has 0 radical (unpaired) electrons. The fraction of sp³-hybridized carbons (Fsp3) is 0.286. The lowest BCUT2D eigenvalue weighted by molar-refractivity contribution is -0.156. The predicted molar refractivity (Wildman–Crippen MR) is 100 cm³/mol. The van der Waals surface area contributed by atoms with Crippen molar-refractivity contribution in [1.82, 2.24) is 10.3 Å². The van der Waals surface area contributed by atoms with Gasteiger partial charge in [0.15, 0.2) is 6.04 Å². The van der Waals surface area contributed by atoms with Crippen molar-refractivity contribution in [2.24, 2.45) is 0 Å². The third kappa shape index (κ3) is 4.60. The molecule has 0 saturated heterocycles. The first-order valence-corrected chi connectivity index (χ1v) is 9.03. The van der Waals surface area contributed by atoms with E-state index in [1.165, 1.54) is 6.07 Å². The number of hydrogen-bond acceptors (Lipinski definition) is 1. The van der Waals surface area contributed by atoms with Crippen LogP contribution in [0.4, 0.5) is 26.3 Å². The monoisotopic (exact) mass is 428 g/mol. The number of halogens is 6. The van der Waals surface area contributed by atoms with Gasteiger partial charge in [0.2, 0.25) is 0 Å². The second-order valence-corrected chi connectivity index (χ2v) is 7.26. The van der Waals surface area contributed by atoms with E-state index < -0.39 is 35.4 Å². The zero-order valence-corrected chi connectivity index (χ0v) is 15.9. The van der Waals surface area contributed by atoms with Crippen LogP contribution in [-0.4, -0.2) is 17.1 Å². The normalized spacial score (nSPS) is 13.6. The molecule has 0 fully saturated rings. The quantitative estimate of drug-likeness (QED) is 0.468. The van der Waals surface area contributed by atoms with E-state index in [-0.39, 0.29) is 11.6 Å². The summed E-state index contributed by atoms with van der Waals surface area (Å²) in [5.74, 6) is -0.859. The van der Waals surface area contributed by atoms with Gasteiger partial charge >= 0.3 is 12.4 Å². The number of aromatic amines is 1. The van der Waals surface area contributed by atoms with Gasteiger partial charge in [0.1, 0.15) is 5.69 Å². The van der Waals surface area contributed by atoms with E-state index >= 15 is 0 Å². The minimum atomic E-state index is -4.99. The summed E-state index contributed by atoms with van der Waals surface area (Å²) >= 11 is 0. The number of aromatic nitrogens is 1. The van der Waals surface area contributed by atoms with E-state index in [4.69, 9.17) is 0 Å². The standard InChI is InChI=1S/C21H18F6N2O/c1-11(2)12-6-7-13-10-17(28-16(13)9-12)19(30)29-18(21(25,26)27)14-4-3-5-15(8-14)20(22,23)24/h3-11,18,28H,1-2H3,(H,29,30). The molecule has 3 rings (SSSR count). The molecular weight excluding hydrogens is 410 g/mol. The average Bonchev–Trinajstić information content (AvgIpc) is 3.07. The Bertz CT molecular complexity index is 1070. The molecule has 0 aliphatic carbocycles. The van der Waals surface area contributed by atoms with Crippen LogP contribution < -0.4 is 5.32 Å². The van der Waals surface area contributed by atoms with Gasteiger partial charge in [-0.15, -0.1) is 0 Å². The molecule has 1 unspecified atom stereocenters. The van der Waals surface area contributed by atoms with Gasteiger partial charge in [-0.25, -0.2) is 0 Å². The van der Waals surface area contributed by atoms with Crippen LogP contribution in [-0.2, 0) is 6.18 Å². The maximum atomic E-state index is 13.6. The van der Waals surface area contributed by atoms with Gasteiger partial charge in [-0.2, -0.15) is 26.3 Å². The number of carbonyl (C=O) groups is 1. The smallest absolute Gasteiger partial charge is 0.351 e. The Hall–Kier alpha value is -2.97. The minimum absolute atomic E-state index is 0.118. The number of rotatable bonds is 4. The third-order valence-electron chi connectivity index (χ3n) is 4.71. The van der Waals surface area contributed by atoms with Crippen molar-refractivity contribution < 1.29 is 31.1 Å². The highest BCUT2D eigenvalue weighted by Gasteiger charge is 2.43. The molecule has 1 aromatic heterocycles.